The molecule has 0 saturated heterocycles. The Morgan fingerprint density at radius 1 is 0.943 bits per heavy atom. The Morgan fingerprint density at radius 2 is 1.66 bits per heavy atom. The third-order valence-corrected chi connectivity index (χ3v) is 11.1. The highest BCUT2D eigenvalue weighted by molar-refractivity contribution is 7.92. The molecular formula is C35H35ClF3N3O9S2. The number of ether oxygens (including phenoxy) is 4. The fourth-order valence-electron chi connectivity index (χ4n) is 5.36. The lowest BCUT2D eigenvalue weighted by Gasteiger charge is -2.21. The summed E-state index contributed by atoms with van der Waals surface area (Å²) in [6, 6.07) is 15.3. The molecule has 5 rings (SSSR count). The van der Waals surface area contributed by atoms with Crippen molar-refractivity contribution in [3.8, 4) is 34.1 Å². The second-order valence-corrected chi connectivity index (χ2v) is 16.3. The monoisotopic (exact) mass is 797 g/mol. The minimum Gasteiger partial charge on any atom is -0.488 e. The van der Waals surface area contributed by atoms with E-state index in [2.05, 4.69) is 4.98 Å². The molecule has 3 aromatic carbocycles. The fraction of sp³-hybridized carbons (Fsp3) is 0.314. The number of carbonyl (C=O) groups excluding carboxylic acids is 1. The van der Waals surface area contributed by atoms with Crippen LogP contribution in [0.4, 0.5) is 13.2 Å². The van der Waals surface area contributed by atoms with Crippen LogP contribution in [-0.2, 0) is 44.4 Å². The lowest BCUT2D eigenvalue weighted by Crippen LogP contribution is -2.35. The molecule has 0 bridgehead atoms. The summed E-state index contributed by atoms with van der Waals surface area (Å²) in [5, 5.41) is 0.187. The summed E-state index contributed by atoms with van der Waals surface area (Å²) in [7, 11) is -7.93. The third kappa shape index (κ3) is 9.90. The maximum Gasteiger partial charge on any atom is 0.501 e. The van der Waals surface area contributed by atoms with Gasteiger partial charge in [0, 0.05) is 49.6 Å². The van der Waals surface area contributed by atoms with Gasteiger partial charge in [-0.3, -0.25) is 14.5 Å². The Bertz CT molecular complexity index is 2220. The van der Waals surface area contributed by atoms with Gasteiger partial charge in [-0.25, -0.2) is 16.8 Å². The van der Waals surface area contributed by atoms with Crippen molar-refractivity contribution in [2.24, 2.45) is 0 Å². The van der Waals surface area contributed by atoms with E-state index in [9.17, 15) is 34.8 Å². The smallest absolute Gasteiger partial charge is 0.488 e. The molecule has 0 atom stereocenters. The minimum atomic E-state index is -5.66. The predicted molar refractivity (Wildman–Crippen MR) is 189 cm³/mol. The first-order chi connectivity index (χ1) is 24.9. The van der Waals surface area contributed by atoms with Crippen molar-refractivity contribution in [1.29, 1.82) is 0 Å². The zero-order valence-electron chi connectivity index (χ0n) is 28.7. The summed E-state index contributed by atoms with van der Waals surface area (Å²) < 4.78 is 113. The van der Waals surface area contributed by atoms with Gasteiger partial charge in [0.05, 0.1) is 15.7 Å². The number of aromatic nitrogens is 1. The van der Waals surface area contributed by atoms with Crippen molar-refractivity contribution < 1.29 is 53.7 Å². The van der Waals surface area contributed by atoms with Crippen LogP contribution in [0.2, 0.25) is 5.02 Å². The van der Waals surface area contributed by atoms with E-state index < -0.39 is 41.9 Å². The fourth-order valence-corrected chi connectivity index (χ4v) is 7.47. The average Bonchev–Trinajstić information content (AvgIpc) is 3.09. The second-order valence-electron chi connectivity index (χ2n) is 12.1. The number of nitrogens with zero attached hydrogens (tertiary/aromatic N) is 2. The molecule has 0 spiro atoms. The molecule has 1 aliphatic rings. The first kappa shape index (κ1) is 39.6. The van der Waals surface area contributed by atoms with Gasteiger partial charge in [-0.2, -0.15) is 13.2 Å². The van der Waals surface area contributed by atoms with Crippen LogP contribution in [0.25, 0.3) is 11.1 Å². The highest BCUT2D eigenvalue weighted by atomic mass is 35.5. The number of halogens is 4. The highest BCUT2D eigenvalue weighted by Crippen LogP contribution is 2.38. The van der Waals surface area contributed by atoms with Gasteiger partial charge in [-0.1, -0.05) is 35.9 Å². The summed E-state index contributed by atoms with van der Waals surface area (Å²) in [5.74, 6) is 0.579. The molecule has 0 saturated carbocycles. The van der Waals surface area contributed by atoms with E-state index in [0.29, 0.717) is 36.5 Å². The molecule has 0 aliphatic carbocycles. The van der Waals surface area contributed by atoms with Crippen molar-refractivity contribution in [2.75, 3.05) is 32.6 Å². The van der Waals surface area contributed by atoms with Crippen LogP contribution in [0, 0.1) is 6.92 Å². The van der Waals surface area contributed by atoms with E-state index in [1.165, 1.54) is 12.3 Å². The average molecular weight is 798 g/mol. The zero-order valence-corrected chi connectivity index (χ0v) is 31.1. The molecule has 12 nitrogen and oxygen atoms in total. The van der Waals surface area contributed by atoms with Gasteiger partial charge in [0.1, 0.15) is 37.9 Å². The van der Waals surface area contributed by atoms with Crippen molar-refractivity contribution in [3.63, 3.8) is 0 Å². The lowest BCUT2D eigenvalue weighted by atomic mass is 9.96. The van der Waals surface area contributed by atoms with Crippen molar-refractivity contribution in [1.82, 2.24) is 14.6 Å². The molecule has 4 aromatic rings. The molecule has 284 valence electrons. The number of rotatable bonds is 14. The summed E-state index contributed by atoms with van der Waals surface area (Å²) >= 11 is 6.67. The molecule has 1 amide bonds. The number of nitrogens with one attached hydrogen (secondary N) is 1. The number of carbonyl (C=O) groups is 1. The number of fused-ring (bicyclic) bond motifs is 1. The Balaban J connectivity index is 1.39. The molecule has 18 heteroatoms. The van der Waals surface area contributed by atoms with Crippen LogP contribution < -0.4 is 23.7 Å². The Morgan fingerprint density at radius 3 is 2.38 bits per heavy atom. The van der Waals surface area contributed by atoms with Crippen LogP contribution in [0.15, 0.2) is 71.9 Å². The first-order valence-corrected chi connectivity index (χ1v) is 19.5. The van der Waals surface area contributed by atoms with Crippen LogP contribution >= 0.6 is 11.6 Å². The van der Waals surface area contributed by atoms with Gasteiger partial charge in [0.15, 0.2) is 11.5 Å². The Labute approximate surface area is 309 Å². The van der Waals surface area contributed by atoms with Gasteiger partial charge in [-0.15, -0.1) is 0 Å². The van der Waals surface area contributed by atoms with Crippen molar-refractivity contribution >= 4 is 37.4 Å². The number of hydrogen-bond donors (Lipinski definition) is 1. The Kier molecular flexibility index (Phi) is 12.1. The van der Waals surface area contributed by atoms with Crippen LogP contribution in [0.1, 0.15) is 29.2 Å². The topological polar surface area (TPSA) is 150 Å². The summed E-state index contributed by atoms with van der Waals surface area (Å²) in [6.45, 7) is 3.75. The summed E-state index contributed by atoms with van der Waals surface area (Å²) in [6.07, 6.45) is 1.76. The maximum absolute atomic E-state index is 13.2. The molecule has 1 aliphatic heterocycles. The molecule has 0 radical (unpaired) electrons. The standard InChI is InChI=1S/C35H35ClF3N3O9S2/c1-22-26(5-4-6-29(22)25-7-8-31-34(15-25)49-11-10-48-31)21-51-33-16-32(50-20-24-13-28(18-40-17-24)53(46,47)35(37,38)39)27(14-30(33)36)19-42(3)9-12-52(44,45)41-23(2)43/h4-8,13-18H,9-12,19-21H2,1-3H3,(H,41,43). The van der Waals surface area contributed by atoms with E-state index in [1.54, 1.807) is 18.0 Å². The first-order valence-electron chi connectivity index (χ1n) is 15.9. The number of pyridine rings is 1. The Hall–Kier alpha value is -4.58. The second kappa shape index (κ2) is 16.2. The SMILES string of the molecule is CC(=O)NS(=O)(=O)CCN(C)Cc1cc(Cl)c(OCc2cccc(-c3ccc4c(c3)OCCO4)c2C)cc1OCc1cncc(S(=O)(=O)C(F)(F)F)c1. The molecule has 2 heterocycles. The molecular weight excluding hydrogens is 763 g/mol. The maximum atomic E-state index is 13.2. The van der Waals surface area contributed by atoms with E-state index in [4.69, 9.17) is 30.5 Å². The van der Waals surface area contributed by atoms with Gasteiger partial charge in [-0.05, 0) is 60.5 Å². The molecule has 1 N–H and O–H groups in total. The van der Waals surface area contributed by atoms with E-state index in [-0.39, 0.29) is 48.4 Å². The summed E-state index contributed by atoms with van der Waals surface area (Å²) in [4.78, 5) is 15.5. The van der Waals surface area contributed by atoms with Crippen LogP contribution in [-0.4, -0.2) is 70.7 Å². The quantitative estimate of drug-likeness (QED) is 0.164. The molecule has 0 unspecified atom stereocenters. The summed E-state index contributed by atoms with van der Waals surface area (Å²) in [5.41, 5.74) is -1.41. The molecule has 1 aromatic heterocycles. The number of sulfone groups is 1. The number of amides is 1. The van der Waals surface area contributed by atoms with Gasteiger partial charge in [0.2, 0.25) is 15.9 Å². The largest absolute Gasteiger partial charge is 0.501 e. The van der Waals surface area contributed by atoms with Crippen LogP contribution in [0.3, 0.4) is 0 Å². The molecule has 53 heavy (non-hydrogen) atoms. The predicted octanol–water partition coefficient (Wildman–Crippen LogP) is 5.83. The van der Waals surface area contributed by atoms with Gasteiger partial charge < -0.3 is 23.8 Å². The van der Waals surface area contributed by atoms with E-state index in [0.717, 1.165) is 35.2 Å². The van der Waals surface area contributed by atoms with E-state index in [1.807, 2.05) is 48.0 Å². The normalized spacial score (nSPS) is 13.1. The number of sulfonamides is 1. The lowest BCUT2D eigenvalue weighted by molar-refractivity contribution is -0.117. The molecule has 0 fully saturated rings. The minimum absolute atomic E-state index is 0.00181. The van der Waals surface area contributed by atoms with Gasteiger partial charge in [0.25, 0.3) is 9.84 Å². The van der Waals surface area contributed by atoms with Crippen LogP contribution in [0.5, 0.6) is 23.0 Å². The van der Waals surface area contributed by atoms with Crippen molar-refractivity contribution in [2.45, 2.75) is 44.0 Å². The highest BCUT2D eigenvalue weighted by Gasteiger charge is 2.47. The number of hydrogen-bond acceptors (Lipinski definition) is 11. The van der Waals surface area contributed by atoms with E-state index >= 15 is 0 Å². The number of alkyl halides is 3. The third-order valence-electron chi connectivity index (χ3n) is 8.06. The van der Waals surface area contributed by atoms with Crippen molar-refractivity contribution in [3.05, 3.63) is 94.3 Å². The number of benzene rings is 3. The zero-order chi connectivity index (χ0) is 38.6. The van der Waals surface area contributed by atoms with Gasteiger partial charge >= 0.3 is 5.51 Å².